The van der Waals surface area contributed by atoms with Crippen molar-refractivity contribution in [2.75, 3.05) is 13.2 Å². The molecular weight excluding hydrogens is 418 g/mol. The minimum Gasteiger partial charge on any atom is -0.486 e. The summed E-state index contributed by atoms with van der Waals surface area (Å²) in [6.45, 7) is 0.937. The first kappa shape index (κ1) is 19.9. The van der Waals surface area contributed by atoms with E-state index in [1.807, 2.05) is 18.2 Å². The van der Waals surface area contributed by atoms with E-state index in [1.54, 1.807) is 18.2 Å². The molecular formula is C23H22ClN3O4. The third kappa shape index (κ3) is 3.74. The molecule has 1 aromatic heterocycles. The fourth-order valence-electron chi connectivity index (χ4n) is 4.51. The van der Waals surface area contributed by atoms with Crippen molar-refractivity contribution in [3.05, 3.63) is 63.7 Å². The number of carbonyl (C=O) groups is 1. The minimum absolute atomic E-state index is 0.111. The molecule has 2 heterocycles. The van der Waals surface area contributed by atoms with E-state index in [0.717, 1.165) is 37.0 Å². The van der Waals surface area contributed by atoms with Crippen LogP contribution in [-0.4, -0.2) is 28.7 Å². The number of nitrogens with one attached hydrogen (secondary N) is 1. The molecule has 1 aliphatic heterocycles. The third-order valence-electron chi connectivity index (χ3n) is 6.03. The molecule has 0 spiro atoms. The van der Waals surface area contributed by atoms with Crippen LogP contribution in [0.15, 0.2) is 47.5 Å². The molecule has 1 N–H and O–H groups in total. The van der Waals surface area contributed by atoms with Crippen molar-refractivity contribution < 1.29 is 14.3 Å². The topological polar surface area (TPSA) is 82.5 Å². The molecule has 31 heavy (non-hydrogen) atoms. The Kier molecular flexibility index (Phi) is 5.06. The lowest BCUT2D eigenvalue weighted by Crippen LogP contribution is -2.46. The number of halogens is 1. The van der Waals surface area contributed by atoms with E-state index in [2.05, 4.69) is 10.3 Å². The van der Waals surface area contributed by atoms with Crippen LogP contribution in [-0.2, 0) is 16.9 Å². The van der Waals surface area contributed by atoms with Crippen LogP contribution in [0.2, 0.25) is 5.02 Å². The average molecular weight is 440 g/mol. The Morgan fingerprint density at radius 2 is 1.87 bits per heavy atom. The second-order valence-electron chi connectivity index (χ2n) is 8.03. The van der Waals surface area contributed by atoms with Gasteiger partial charge in [-0.3, -0.25) is 14.2 Å². The van der Waals surface area contributed by atoms with Crippen LogP contribution in [0.25, 0.3) is 10.9 Å². The van der Waals surface area contributed by atoms with Crippen LogP contribution in [0.1, 0.15) is 31.2 Å². The van der Waals surface area contributed by atoms with E-state index in [9.17, 15) is 9.59 Å². The highest BCUT2D eigenvalue weighted by Crippen LogP contribution is 2.42. The van der Waals surface area contributed by atoms with Crippen LogP contribution in [0.3, 0.4) is 0 Å². The van der Waals surface area contributed by atoms with E-state index in [-0.39, 0.29) is 18.0 Å². The molecule has 0 atom stereocenters. The molecule has 1 amide bonds. The van der Waals surface area contributed by atoms with Gasteiger partial charge in [-0.05, 0) is 48.7 Å². The summed E-state index contributed by atoms with van der Waals surface area (Å²) in [5.74, 6) is 1.19. The second kappa shape index (κ2) is 7.89. The Balaban J connectivity index is 1.41. The molecule has 3 aromatic rings. The maximum Gasteiger partial charge on any atom is 0.261 e. The van der Waals surface area contributed by atoms with Crippen molar-refractivity contribution in [3.8, 4) is 11.5 Å². The molecule has 5 rings (SSSR count). The van der Waals surface area contributed by atoms with E-state index < -0.39 is 5.54 Å². The second-order valence-corrected chi connectivity index (χ2v) is 8.47. The van der Waals surface area contributed by atoms with Gasteiger partial charge in [-0.1, -0.05) is 30.5 Å². The molecule has 0 radical (unpaired) electrons. The summed E-state index contributed by atoms with van der Waals surface area (Å²) in [7, 11) is 0. The number of hydrogen-bond acceptors (Lipinski definition) is 5. The summed E-state index contributed by atoms with van der Waals surface area (Å²) >= 11 is 6.02. The Morgan fingerprint density at radius 1 is 1.10 bits per heavy atom. The highest BCUT2D eigenvalue weighted by Gasteiger charge is 2.38. The average Bonchev–Trinajstić information content (AvgIpc) is 3.25. The number of hydrogen-bond donors (Lipinski definition) is 1. The van der Waals surface area contributed by atoms with E-state index in [1.165, 1.54) is 10.9 Å². The van der Waals surface area contributed by atoms with Gasteiger partial charge in [0.15, 0.2) is 11.5 Å². The molecule has 1 saturated carbocycles. The Hall–Kier alpha value is -3.06. The van der Waals surface area contributed by atoms with Gasteiger partial charge in [-0.15, -0.1) is 0 Å². The van der Waals surface area contributed by atoms with Gasteiger partial charge < -0.3 is 14.8 Å². The molecule has 0 unspecified atom stereocenters. The minimum atomic E-state index is -0.482. The van der Waals surface area contributed by atoms with Gasteiger partial charge in [0, 0.05) is 5.02 Å². The molecule has 1 fully saturated rings. The zero-order valence-corrected chi connectivity index (χ0v) is 17.7. The Morgan fingerprint density at radius 3 is 2.68 bits per heavy atom. The number of carbonyl (C=O) groups excluding carboxylic acids is 1. The number of nitrogens with zero attached hydrogens (tertiary/aromatic N) is 2. The predicted molar refractivity (Wildman–Crippen MR) is 117 cm³/mol. The largest absolute Gasteiger partial charge is 0.486 e. The predicted octanol–water partition coefficient (Wildman–Crippen LogP) is 3.41. The van der Waals surface area contributed by atoms with E-state index in [4.69, 9.17) is 21.1 Å². The van der Waals surface area contributed by atoms with Gasteiger partial charge in [-0.25, -0.2) is 4.98 Å². The SMILES string of the molecule is O=C(Cn1cnc2ccc(Cl)cc2c1=O)NC1(c2ccc3c(c2)OCCO3)CCCC1. The van der Waals surface area contributed by atoms with Crippen LogP contribution in [0.4, 0.5) is 0 Å². The van der Waals surface area contributed by atoms with Gasteiger partial charge in [0.2, 0.25) is 5.91 Å². The first-order valence-corrected chi connectivity index (χ1v) is 10.8. The van der Waals surface area contributed by atoms with Crippen molar-refractivity contribution in [2.24, 2.45) is 0 Å². The lowest BCUT2D eigenvalue weighted by molar-refractivity contribution is -0.123. The van der Waals surface area contributed by atoms with Crippen LogP contribution < -0.4 is 20.3 Å². The van der Waals surface area contributed by atoms with Crippen LogP contribution >= 0.6 is 11.6 Å². The number of fused-ring (bicyclic) bond motifs is 2. The van der Waals surface area contributed by atoms with Gasteiger partial charge >= 0.3 is 0 Å². The van der Waals surface area contributed by atoms with Gasteiger partial charge in [0.1, 0.15) is 19.8 Å². The van der Waals surface area contributed by atoms with Crippen LogP contribution in [0.5, 0.6) is 11.5 Å². The number of aromatic nitrogens is 2. The molecule has 1 aliphatic carbocycles. The fraction of sp³-hybridized carbons (Fsp3) is 0.348. The summed E-state index contributed by atoms with van der Waals surface area (Å²) in [4.78, 5) is 30.1. The monoisotopic (exact) mass is 439 g/mol. The van der Waals surface area contributed by atoms with E-state index >= 15 is 0 Å². The molecule has 7 nitrogen and oxygen atoms in total. The smallest absolute Gasteiger partial charge is 0.261 e. The van der Waals surface area contributed by atoms with E-state index in [0.29, 0.717) is 34.9 Å². The van der Waals surface area contributed by atoms with Crippen LogP contribution in [0, 0.1) is 0 Å². The highest BCUT2D eigenvalue weighted by molar-refractivity contribution is 6.31. The number of rotatable bonds is 4. The lowest BCUT2D eigenvalue weighted by Gasteiger charge is -2.32. The maximum absolute atomic E-state index is 13.0. The van der Waals surface area contributed by atoms with Gasteiger partial charge in [0.25, 0.3) is 5.56 Å². The number of ether oxygens (including phenoxy) is 2. The molecule has 0 bridgehead atoms. The highest BCUT2D eigenvalue weighted by atomic mass is 35.5. The third-order valence-corrected chi connectivity index (χ3v) is 6.27. The van der Waals surface area contributed by atoms with Crippen molar-refractivity contribution in [2.45, 2.75) is 37.8 Å². The number of amides is 1. The van der Waals surface area contributed by atoms with Crippen molar-refractivity contribution in [3.63, 3.8) is 0 Å². The van der Waals surface area contributed by atoms with Crippen molar-refractivity contribution in [1.29, 1.82) is 0 Å². The first-order chi connectivity index (χ1) is 15.0. The van der Waals surface area contributed by atoms with Crippen molar-refractivity contribution >= 4 is 28.4 Å². The lowest BCUT2D eigenvalue weighted by atomic mass is 9.87. The summed E-state index contributed by atoms with van der Waals surface area (Å²) in [5.41, 5.74) is 0.778. The van der Waals surface area contributed by atoms with Gasteiger partial charge in [0.05, 0.1) is 22.8 Å². The summed E-state index contributed by atoms with van der Waals surface area (Å²) < 4.78 is 12.7. The first-order valence-electron chi connectivity index (χ1n) is 10.4. The quantitative estimate of drug-likeness (QED) is 0.673. The Bertz CT molecular complexity index is 1220. The fourth-order valence-corrected chi connectivity index (χ4v) is 4.68. The molecule has 8 heteroatoms. The maximum atomic E-state index is 13.0. The molecule has 2 aliphatic rings. The normalized spacial score (nSPS) is 16.9. The standard InChI is InChI=1S/C23H22ClN3O4/c24-16-4-5-18-17(12-16)22(29)27(14-25-18)13-21(28)26-23(7-1-2-8-23)15-3-6-19-20(11-15)31-10-9-30-19/h3-6,11-12,14H,1-2,7-10,13H2,(H,26,28). The summed E-state index contributed by atoms with van der Waals surface area (Å²) in [6, 6.07) is 10.8. The molecule has 2 aromatic carbocycles. The van der Waals surface area contributed by atoms with Gasteiger partial charge in [-0.2, -0.15) is 0 Å². The zero-order chi connectivity index (χ0) is 21.4. The molecule has 0 saturated heterocycles. The number of benzene rings is 2. The van der Waals surface area contributed by atoms with Crippen molar-refractivity contribution in [1.82, 2.24) is 14.9 Å². The molecule has 160 valence electrons. The summed E-state index contributed by atoms with van der Waals surface area (Å²) in [6.07, 6.45) is 5.11. The summed E-state index contributed by atoms with van der Waals surface area (Å²) in [5, 5.41) is 4.05. The Labute approximate surface area is 183 Å². The zero-order valence-electron chi connectivity index (χ0n) is 16.9.